The smallest absolute Gasteiger partial charge is 0.310 e. The second-order valence-electron chi connectivity index (χ2n) is 7.37. The molecule has 2 heterocycles. The van der Waals surface area contributed by atoms with Crippen molar-refractivity contribution in [1.29, 1.82) is 0 Å². The molecule has 7 nitrogen and oxygen atoms in total. The van der Waals surface area contributed by atoms with E-state index < -0.39 is 0 Å². The van der Waals surface area contributed by atoms with Crippen LogP contribution in [0.2, 0.25) is 0 Å². The van der Waals surface area contributed by atoms with E-state index in [1.165, 1.54) is 5.56 Å². The zero-order valence-corrected chi connectivity index (χ0v) is 17.0. The fourth-order valence-electron chi connectivity index (χ4n) is 4.04. The molecule has 2 aliphatic heterocycles. The average Bonchev–Trinajstić information content (AvgIpc) is 2.72. The number of benzene rings is 1. The van der Waals surface area contributed by atoms with Crippen LogP contribution in [-0.2, 0) is 27.3 Å². The molecule has 0 spiro atoms. The van der Waals surface area contributed by atoms with E-state index in [4.69, 9.17) is 14.2 Å². The summed E-state index contributed by atoms with van der Waals surface area (Å²) in [5, 5.41) is 0. The molecule has 0 radical (unpaired) electrons. The van der Waals surface area contributed by atoms with Crippen molar-refractivity contribution in [1.82, 2.24) is 9.80 Å². The molecule has 1 aromatic rings. The van der Waals surface area contributed by atoms with Crippen LogP contribution in [0.15, 0.2) is 12.1 Å². The molecule has 1 aromatic carbocycles. The van der Waals surface area contributed by atoms with Crippen LogP contribution in [-0.4, -0.2) is 68.7 Å². The molecule has 3 rings (SSSR count). The quantitative estimate of drug-likeness (QED) is 0.691. The molecule has 0 saturated carbocycles. The summed E-state index contributed by atoms with van der Waals surface area (Å²) in [6, 6.07) is 3.97. The van der Waals surface area contributed by atoms with Crippen LogP contribution in [0.5, 0.6) is 11.5 Å². The van der Waals surface area contributed by atoms with Crippen LogP contribution < -0.4 is 9.47 Å². The van der Waals surface area contributed by atoms with E-state index in [1.54, 1.807) is 14.2 Å². The van der Waals surface area contributed by atoms with Crippen molar-refractivity contribution in [2.75, 3.05) is 47.0 Å². The van der Waals surface area contributed by atoms with Crippen LogP contribution in [0.3, 0.4) is 0 Å². The normalized spacial score (nSPS) is 19.7. The van der Waals surface area contributed by atoms with Crippen molar-refractivity contribution in [3.63, 3.8) is 0 Å². The van der Waals surface area contributed by atoms with Crippen molar-refractivity contribution in [3.05, 3.63) is 23.3 Å². The number of amides is 1. The third-order valence-corrected chi connectivity index (χ3v) is 5.56. The first kappa shape index (κ1) is 20.5. The second kappa shape index (κ2) is 9.28. The van der Waals surface area contributed by atoms with E-state index in [9.17, 15) is 9.59 Å². The first-order valence-corrected chi connectivity index (χ1v) is 9.96. The number of carbonyl (C=O) groups excluding carboxylic acids is 2. The van der Waals surface area contributed by atoms with Gasteiger partial charge in [-0.15, -0.1) is 0 Å². The third kappa shape index (κ3) is 4.58. The summed E-state index contributed by atoms with van der Waals surface area (Å²) in [5.74, 6) is 1.24. The molecular formula is C21H30N2O5. The molecule has 1 unspecified atom stereocenters. The van der Waals surface area contributed by atoms with Crippen molar-refractivity contribution in [2.24, 2.45) is 5.92 Å². The summed E-state index contributed by atoms with van der Waals surface area (Å²) < 4.78 is 15.9. The Hall–Kier alpha value is -2.28. The standard InChI is InChI=1S/C21H30N2O5/c1-4-28-21(25)16-6-5-8-22(12-16)14-20(24)23-9-7-15-10-18(26-2)19(27-3)11-17(15)13-23/h10-11,16H,4-9,12-14H2,1-3H3. The summed E-state index contributed by atoms with van der Waals surface area (Å²) in [6.45, 7) is 5.27. The number of rotatable bonds is 6. The molecule has 0 bridgehead atoms. The minimum absolute atomic E-state index is 0.102. The van der Waals surface area contributed by atoms with Gasteiger partial charge in [-0.1, -0.05) is 0 Å². The van der Waals surface area contributed by atoms with Gasteiger partial charge in [0.1, 0.15) is 0 Å². The van der Waals surface area contributed by atoms with E-state index in [2.05, 4.69) is 4.90 Å². The van der Waals surface area contributed by atoms with Gasteiger partial charge in [0.15, 0.2) is 11.5 Å². The van der Waals surface area contributed by atoms with Gasteiger partial charge >= 0.3 is 5.97 Å². The van der Waals surface area contributed by atoms with Crippen LogP contribution in [0.25, 0.3) is 0 Å². The number of methoxy groups -OCH3 is 2. The van der Waals surface area contributed by atoms with E-state index in [-0.39, 0.29) is 17.8 Å². The first-order valence-electron chi connectivity index (χ1n) is 9.96. The Morgan fingerprint density at radius 3 is 2.50 bits per heavy atom. The Bertz CT molecular complexity index is 721. The lowest BCUT2D eigenvalue weighted by molar-refractivity contribution is -0.150. The third-order valence-electron chi connectivity index (χ3n) is 5.56. The van der Waals surface area contributed by atoms with Gasteiger partial charge in [0.05, 0.1) is 33.3 Å². The zero-order chi connectivity index (χ0) is 20.1. The number of likely N-dealkylation sites (tertiary alicyclic amines) is 1. The van der Waals surface area contributed by atoms with Crippen LogP contribution in [0, 0.1) is 5.92 Å². The van der Waals surface area contributed by atoms with Crippen LogP contribution >= 0.6 is 0 Å². The monoisotopic (exact) mass is 390 g/mol. The van der Waals surface area contributed by atoms with E-state index in [1.807, 2.05) is 24.0 Å². The highest BCUT2D eigenvalue weighted by Crippen LogP contribution is 2.33. The summed E-state index contributed by atoms with van der Waals surface area (Å²) in [7, 11) is 3.25. The van der Waals surface area contributed by atoms with Gasteiger partial charge in [0.2, 0.25) is 5.91 Å². The fourth-order valence-corrected chi connectivity index (χ4v) is 4.04. The lowest BCUT2D eigenvalue weighted by Crippen LogP contribution is -2.46. The van der Waals surface area contributed by atoms with Crippen molar-refractivity contribution in [2.45, 2.75) is 32.7 Å². The number of carbonyl (C=O) groups is 2. The van der Waals surface area contributed by atoms with Crippen molar-refractivity contribution in [3.8, 4) is 11.5 Å². The first-order chi connectivity index (χ1) is 13.5. The molecule has 2 aliphatic rings. The molecule has 1 atom stereocenters. The highest BCUT2D eigenvalue weighted by atomic mass is 16.5. The molecular weight excluding hydrogens is 360 g/mol. The topological polar surface area (TPSA) is 68.3 Å². The number of hydrogen-bond donors (Lipinski definition) is 0. The van der Waals surface area contributed by atoms with E-state index >= 15 is 0 Å². The Kier molecular flexibility index (Phi) is 6.78. The number of ether oxygens (including phenoxy) is 3. The van der Waals surface area contributed by atoms with Crippen molar-refractivity contribution < 1.29 is 23.8 Å². The Morgan fingerprint density at radius 2 is 1.82 bits per heavy atom. The van der Waals surface area contributed by atoms with Crippen LogP contribution in [0.1, 0.15) is 30.9 Å². The largest absolute Gasteiger partial charge is 0.493 e. The Morgan fingerprint density at radius 1 is 1.11 bits per heavy atom. The maximum Gasteiger partial charge on any atom is 0.310 e. The van der Waals surface area contributed by atoms with Gasteiger partial charge in [-0.3, -0.25) is 14.5 Å². The molecule has 28 heavy (non-hydrogen) atoms. The maximum absolute atomic E-state index is 12.9. The van der Waals surface area contributed by atoms with Gasteiger partial charge in [0.25, 0.3) is 0 Å². The minimum atomic E-state index is -0.146. The lowest BCUT2D eigenvalue weighted by Gasteiger charge is -2.34. The number of fused-ring (bicyclic) bond motifs is 1. The lowest BCUT2D eigenvalue weighted by atomic mass is 9.97. The fraction of sp³-hybridized carbons (Fsp3) is 0.619. The molecule has 1 saturated heterocycles. The predicted octanol–water partition coefficient (Wildman–Crippen LogP) is 1.86. The number of nitrogens with zero attached hydrogens (tertiary/aromatic N) is 2. The SMILES string of the molecule is CCOC(=O)C1CCCN(CC(=O)N2CCc3cc(OC)c(OC)cc3C2)C1. The maximum atomic E-state index is 12.9. The average molecular weight is 390 g/mol. The highest BCUT2D eigenvalue weighted by Gasteiger charge is 2.30. The summed E-state index contributed by atoms with van der Waals surface area (Å²) in [6.07, 6.45) is 2.55. The van der Waals surface area contributed by atoms with Crippen molar-refractivity contribution >= 4 is 11.9 Å². The second-order valence-corrected chi connectivity index (χ2v) is 7.37. The summed E-state index contributed by atoms with van der Waals surface area (Å²) in [5.41, 5.74) is 2.29. The zero-order valence-electron chi connectivity index (χ0n) is 17.0. The number of hydrogen-bond acceptors (Lipinski definition) is 6. The van der Waals surface area contributed by atoms with Gasteiger partial charge in [-0.2, -0.15) is 0 Å². The summed E-state index contributed by atoms with van der Waals surface area (Å²) in [4.78, 5) is 28.9. The van der Waals surface area contributed by atoms with Gasteiger partial charge < -0.3 is 19.1 Å². The number of piperidine rings is 1. The molecule has 0 N–H and O–H groups in total. The molecule has 1 fully saturated rings. The van der Waals surface area contributed by atoms with Crippen LogP contribution in [0.4, 0.5) is 0 Å². The minimum Gasteiger partial charge on any atom is -0.493 e. The van der Waals surface area contributed by atoms with Gasteiger partial charge in [0, 0.05) is 19.6 Å². The Labute approximate surface area is 166 Å². The molecule has 0 aromatic heterocycles. The molecule has 154 valence electrons. The van der Waals surface area contributed by atoms with E-state index in [0.29, 0.717) is 38.5 Å². The molecule has 7 heteroatoms. The van der Waals surface area contributed by atoms with E-state index in [0.717, 1.165) is 37.1 Å². The van der Waals surface area contributed by atoms with Gasteiger partial charge in [-0.25, -0.2) is 0 Å². The highest BCUT2D eigenvalue weighted by molar-refractivity contribution is 5.79. The molecule has 1 amide bonds. The predicted molar refractivity (Wildman–Crippen MR) is 104 cm³/mol. The summed E-state index contributed by atoms with van der Waals surface area (Å²) >= 11 is 0. The van der Waals surface area contributed by atoms with Gasteiger partial charge in [-0.05, 0) is 56.0 Å². The molecule has 0 aliphatic carbocycles. The Balaban J connectivity index is 1.61. The number of esters is 1.